The molecule has 3 rings (SSSR count). The first-order valence-corrected chi connectivity index (χ1v) is 8.54. The van der Waals surface area contributed by atoms with E-state index in [0.717, 1.165) is 5.92 Å². The van der Waals surface area contributed by atoms with Crippen molar-refractivity contribution in [2.75, 3.05) is 0 Å². The summed E-state index contributed by atoms with van der Waals surface area (Å²) in [4.78, 5) is 0. The van der Waals surface area contributed by atoms with E-state index < -0.39 is 0 Å². The average molecular weight is 273 g/mol. The predicted octanol–water partition coefficient (Wildman–Crippen LogP) is 4.83. The Morgan fingerprint density at radius 2 is 2.00 bits per heavy atom. The Morgan fingerprint density at radius 1 is 1.25 bits per heavy atom. The highest BCUT2D eigenvalue weighted by molar-refractivity contribution is 5.35. The van der Waals surface area contributed by atoms with Gasteiger partial charge in [0, 0.05) is 5.54 Å². The van der Waals surface area contributed by atoms with Gasteiger partial charge >= 0.3 is 0 Å². The van der Waals surface area contributed by atoms with Gasteiger partial charge in [-0.1, -0.05) is 44.9 Å². The Morgan fingerprint density at radius 3 is 2.70 bits per heavy atom. The zero-order valence-electron chi connectivity index (χ0n) is 13.7. The maximum Gasteiger partial charge on any atom is 0.0162 e. The fourth-order valence-corrected chi connectivity index (χ4v) is 5.39. The Bertz CT molecular complexity index is 454. The maximum absolute atomic E-state index is 6.67. The first kappa shape index (κ1) is 14.4. The number of allylic oxidation sites excluding steroid dienone is 4. The van der Waals surface area contributed by atoms with Crippen molar-refractivity contribution in [2.24, 2.45) is 28.9 Å². The lowest BCUT2D eigenvalue weighted by molar-refractivity contribution is -0.00437. The molecule has 1 saturated carbocycles. The van der Waals surface area contributed by atoms with Crippen molar-refractivity contribution in [3.63, 3.8) is 0 Å². The highest BCUT2D eigenvalue weighted by atomic mass is 14.8. The van der Waals surface area contributed by atoms with E-state index in [4.69, 9.17) is 5.73 Å². The van der Waals surface area contributed by atoms with Crippen LogP contribution in [-0.2, 0) is 0 Å². The molecule has 0 saturated heterocycles. The van der Waals surface area contributed by atoms with Crippen molar-refractivity contribution in [3.05, 3.63) is 23.3 Å². The van der Waals surface area contributed by atoms with Gasteiger partial charge in [0.25, 0.3) is 0 Å². The number of nitrogens with two attached hydrogens (primary N) is 1. The van der Waals surface area contributed by atoms with Gasteiger partial charge in [-0.3, -0.25) is 0 Å². The van der Waals surface area contributed by atoms with E-state index in [1.165, 1.54) is 38.5 Å². The van der Waals surface area contributed by atoms with E-state index in [-0.39, 0.29) is 5.54 Å². The van der Waals surface area contributed by atoms with E-state index >= 15 is 0 Å². The van der Waals surface area contributed by atoms with E-state index in [9.17, 15) is 0 Å². The van der Waals surface area contributed by atoms with Gasteiger partial charge in [-0.15, -0.1) is 0 Å². The molecule has 1 nitrogen and oxygen atoms in total. The number of fused-ring (bicyclic) bond motifs is 3. The van der Waals surface area contributed by atoms with Crippen molar-refractivity contribution < 1.29 is 0 Å². The third-order valence-electron chi connectivity index (χ3n) is 6.63. The summed E-state index contributed by atoms with van der Waals surface area (Å²) in [6.07, 6.45) is 12.8. The monoisotopic (exact) mass is 273 g/mol. The van der Waals surface area contributed by atoms with Crippen LogP contribution >= 0.6 is 0 Å². The normalized spacial score (nSPS) is 44.5. The van der Waals surface area contributed by atoms with Crippen LogP contribution in [0.2, 0.25) is 0 Å². The fraction of sp³-hybridized carbons (Fsp3) is 0.789. The molecule has 0 aromatic carbocycles. The maximum atomic E-state index is 6.67. The summed E-state index contributed by atoms with van der Waals surface area (Å²) in [5, 5.41) is 0. The number of rotatable bonds is 1. The molecule has 0 radical (unpaired) electrons. The molecule has 3 aliphatic carbocycles. The second-order valence-electron chi connectivity index (χ2n) is 8.32. The highest BCUT2D eigenvalue weighted by Gasteiger charge is 2.52. The van der Waals surface area contributed by atoms with Crippen LogP contribution in [-0.4, -0.2) is 5.54 Å². The smallest absolute Gasteiger partial charge is 0.0162 e. The molecule has 0 heterocycles. The van der Waals surface area contributed by atoms with Gasteiger partial charge in [-0.05, 0) is 67.8 Å². The third kappa shape index (κ3) is 2.09. The first-order chi connectivity index (χ1) is 9.34. The van der Waals surface area contributed by atoms with Crippen LogP contribution in [0, 0.1) is 23.2 Å². The van der Waals surface area contributed by atoms with Gasteiger partial charge in [-0.2, -0.15) is 0 Å². The average Bonchev–Trinajstić information content (AvgIpc) is 2.37. The molecular weight excluding hydrogens is 242 g/mol. The molecule has 0 aliphatic heterocycles. The Kier molecular flexibility index (Phi) is 3.40. The zero-order chi connectivity index (χ0) is 14.5. The molecule has 0 spiro atoms. The molecule has 2 N–H and O–H groups in total. The lowest BCUT2D eigenvalue weighted by Gasteiger charge is -2.57. The van der Waals surface area contributed by atoms with Crippen molar-refractivity contribution in [1.82, 2.24) is 0 Å². The second-order valence-corrected chi connectivity index (χ2v) is 8.32. The minimum Gasteiger partial charge on any atom is -0.325 e. The summed E-state index contributed by atoms with van der Waals surface area (Å²) in [5.41, 5.74) is 10.4. The van der Waals surface area contributed by atoms with Crippen LogP contribution in [0.3, 0.4) is 0 Å². The predicted molar refractivity (Wildman–Crippen MR) is 86.4 cm³/mol. The largest absolute Gasteiger partial charge is 0.325 e. The molecule has 20 heavy (non-hydrogen) atoms. The van der Waals surface area contributed by atoms with Gasteiger partial charge in [0.1, 0.15) is 0 Å². The van der Waals surface area contributed by atoms with Gasteiger partial charge < -0.3 is 5.73 Å². The summed E-state index contributed by atoms with van der Waals surface area (Å²) in [7, 11) is 0. The van der Waals surface area contributed by atoms with E-state index in [1.807, 2.05) is 0 Å². The van der Waals surface area contributed by atoms with Crippen molar-refractivity contribution >= 4 is 0 Å². The summed E-state index contributed by atoms with van der Waals surface area (Å²) in [6, 6.07) is 0. The van der Waals surface area contributed by atoms with Gasteiger partial charge in [-0.25, -0.2) is 0 Å². The topological polar surface area (TPSA) is 26.0 Å². The molecule has 0 bridgehead atoms. The molecule has 1 fully saturated rings. The molecule has 112 valence electrons. The fourth-order valence-electron chi connectivity index (χ4n) is 5.39. The molecule has 0 aromatic rings. The molecule has 0 unspecified atom stereocenters. The summed E-state index contributed by atoms with van der Waals surface area (Å²) >= 11 is 0. The second kappa shape index (κ2) is 4.73. The van der Waals surface area contributed by atoms with E-state index in [0.29, 0.717) is 17.3 Å². The molecule has 0 amide bonds. The first-order valence-electron chi connectivity index (χ1n) is 8.54. The standard InChI is InChI=1S/C19H31N/c1-13(2)14-6-8-16-15(12-14)7-9-17-18(16,3)10-5-11-19(17,4)20/h7,12-13,16-17H,5-6,8-11,20H2,1-4H3/t16-,17-,18+,19-/m1/s1. The Hall–Kier alpha value is -0.560. The van der Waals surface area contributed by atoms with Crippen LogP contribution in [0.5, 0.6) is 0 Å². The van der Waals surface area contributed by atoms with Crippen molar-refractivity contribution in [2.45, 2.75) is 71.8 Å². The third-order valence-corrected chi connectivity index (χ3v) is 6.63. The minimum atomic E-state index is 0.0388. The lowest BCUT2D eigenvalue weighted by Crippen LogP contribution is -2.57. The summed E-state index contributed by atoms with van der Waals surface area (Å²) in [5.74, 6) is 2.13. The SMILES string of the molecule is CC(C)C1=CC2=CC[C@@H]3[C@@](C)(CCC[C@@]3(C)N)[C@@H]2CC1. The van der Waals surface area contributed by atoms with Crippen LogP contribution < -0.4 is 5.73 Å². The Labute approximate surface area is 124 Å². The molecule has 0 aromatic heterocycles. The van der Waals surface area contributed by atoms with Crippen molar-refractivity contribution in [1.29, 1.82) is 0 Å². The Balaban J connectivity index is 1.97. The zero-order valence-corrected chi connectivity index (χ0v) is 13.7. The minimum absolute atomic E-state index is 0.0388. The highest BCUT2D eigenvalue weighted by Crippen LogP contribution is 2.58. The number of hydrogen-bond acceptors (Lipinski definition) is 1. The van der Waals surface area contributed by atoms with Crippen LogP contribution in [0.1, 0.15) is 66.2 Å². The van der Waals surface area contributed by atoms with E-state index in [1.54, 1.807) is 11.1 Å². The van der Waals surface area contributed by atoms with Gasteiger partial charge in [0.2, 0.25) is 0 Å². The molecule has 4 atom stereocenters. The molecule has 1 heteroatoms. The summed E-state index contributed by atoms with van der Waals surface area (Å²) < 4.78 is 0. The number of hydrogen-bond donors (Lipinski definition) is 1. The van der Waals surface area contributed by atoms with Crippen LogP contribution in [0.4, 0.5) is 0 Å². The summed E-state index contributed by atoms with van der Waals surface area (Å²) in [6.45, 7) is 9.50. The molecular formula is C19H31N. The van der Waals surface area contributed by atoms with Gasteiger partial charge in [0.05, 0.1) is 0 Å². The lowest BCUT2D eigenvalue weighted by atomic mass is 9.49. The quantitative estimate of drug-likeness (QED) is 0.727. The molecule has 3 aliphatic rings. The van der Waals surface area contributed by atoms with Crippen molar-refractivity contribution in [3.8, 4) is 0 Å². The van der Waals surface area contributed by atoms with Crippen LogP contribution in [0.15, 0.2) is 23.3 Å². The van der Waals surface area contributed by atoms with Crippen LogP contribution in [0.25, 0.3) is 0 Å². The van der Waals surface area contributed by atoms with Gasteiger partial charge in [0.15, 0.2) is 0 Å². The van der Waals surface area contributed by atoms with E-state index in [2.05, 4.69) is 39.8 Å².